The van der Waals surface area contributed by atoms with E-state index in [1.54, 1.807) is 12.1 Å². The number of benzene rings is 1. The Labute approximate surface area is 120 Å². The average Bonchev–Trinajstić information content (AvgIpc) is 2.38. The van der Waals surface area contributed by atoms with Crippen LogP contribution < -0.4 is 0 Å². The Bertz CT molecular complexity index is 584. The van der Waals surface area contributed by atoms with Gasteiger partial charge in [-0.3, -0.25) is 4.55 Å². The van der Waals surface area contributed by atoms with Crippen molar-refractivity contribution in [3.63, 3.8) is 0 Å². The van der Waals surface area contributed by atoms with Gasteiger partial charge in [0.05, 0.1) is 11.5 Å². The van der Waals surface area contributed by atoms with E-state index in [4.69, 9.17) is 0 Å². The maximum absolute atomic E-state index is 11.6. The van der Waals surface area contributed by atoms with E-state index >= 15 is 0 Å². The normalized spacial score (nSPS) is 27.5. The first-order chi connectivity index (χ1) is 9.28. The van der Waals surface area contributed by atoms with Crippen LogP contribution in [0, 0.1) is 12.8 Å². The zero-order valence-corrected chi connectivity index (χ0v) is 12.8. The first-order valence-electron chi connectivity index (χ1n) is 6.98. The van der Waals surface area contributed by atoms with Gasteiger partial charge in [-0.1, -0.05) is 24.6 Å². The van der Waals surface area contributed by atoms with Gasteiger partial charge < -0.3 is 5.11 Å². The van der Waals surface area contributed by atoms with Gasteiger partial charge in [0.2, 0.25) is 0 Å². The van der Waals surface area contributed by atoms with Gasteiger partial charge in [-0.05, 0) is 50.2 Å². The summed E-state index contributed by atoms with van der Waals surface area (Å²) in [6.07, 6.45) is 3.41. The first-order valence-corrected chi connectivity index (χ1v) is 8.42. The predicted molar refractivity (Wildman–Crippen MR) is 77.4 cm³/mol. The van der Waals surface area contributed by atoms with E-state index in [0.717, 1.165) is 31.2 Å². The molecule has 2 N–H and O–H groups in total. The van der Waals surface area contributed by atoms with Gasteiger partial charge in [-0.2, -0.15) is 8.42 Å². The zero-order valence-electron chi connectivity index (χ0n) is 12.0. The molecule has 0 saturated heterocycles. The Kier molecular flexibility index (Phi) is 4.23. The maximum Gasteiger partial charge on any atom is 0.294 e. The molecule has 1 aromatic rings. The lowest BCUT2D eigenvalue weighted by atomic mass is 9.67. The summed E-state index contributed by atoms with van der Waals surface area (Å²) < 4.78 is 32.7. The van der Waals surface area contributed by atoms with Crippen molar-refractivity contribution < 1.29 is 18.1 Å². The first kappa shape index (κ1) is 15.5. The molecule has 0 heterocycles. The lowest BCUT2D eigenvalue weighted by Crippen LogP contribution is -2.36. The molecule has 1 aliphatic carbocycles. The minimum atomic E-state index is -4.27. The van der Waals surface area contributed by atoms with Crippen LogP contribution in [0.4, 0.5) is 0 Å². The second-order valence-electron chi connectivity index (χ2n) is 6.10. The molecule has 1 aliphatic rings. The van der Waals surface area contributed by atoms with Crippen LogP contribution in [0.25, 0.3) is 0 Å². The smallest absolute Gasteiger partial charge is 0.294 e. The van der Waals surface area contributed by atoms with Crippen molar-refractivity contribution in [2.45, 2.75) is 49.8 Å². The Morgan fingerprint density at radius 1 is 1.30 bits per heavy atom. The third-order valence-corrected chi connectivity index (χ3v) is 5.43. The van der Waals surface area contributed by atoms with E-state index in [2.05, 4.69) is 6.92 Å². The summed E-state index contributed by atoms with van der Waals surface area (Å²) in [6.45, 7) is 3.96. The SMILES string of the molecule is Cc1ccc(S(=O)(=O)O)c(C2(CO)CCC(C)CC2)c1. The topological polar surface area (TPSA) is 74.6 Å². The molecule has 20 heavy (non-hydrogen) atoms. The second kappa shape index (κ2) is 5.47. The van der Waals surface area contributed by atoms with E-state index < -0.39 is 15.5 Å². The van der Waals surface area contributed by atoms with Crippen LogP contribution in [-0.2, 0) is 15.5 Å². The highest BCUT2D eigenvalue weighted by Gasteiger charge is 2.38. The molecule has 5 heteroatoms. The van der Waals surface area contributed by atoms with Crippen LogP contribution in [0.3, 0.4) is 0 Å². The lowest BCUT2D eigenvalue weighted by Gasteiger charge is -2.39. The van der Waals surface area contributed by atoms with Crippen LogP contribution >= 0.6 is 0 Å². The van der Waals surface area contributed by atoms with Crippen molar-refractivity contribution in [3.8, 4) is 0 Å². The number of hydrogen-bond donors (Lipinski definition) is 2. The summed E-state index contributed by atoms with van der Waals surface area (Å²) in [5, 5.41) is 9.89. The zero-order chi connectivity index (χ0) is 15.0. The molecular formula is C15H22O4S. The molecule has 0 bridgehead atoms. The maximum atomic E-state index is 11.6. The van der Waals surface area contributed by atoms with Crippen LogP contribution in [0.2, 0.25) is 0 Å². The highest BCUT2D eigenvalue weighted by atomic mass is 32.2. The summed E-state index contributed by atoms with van der Waals surface area (Å²) in [5.41, 5.74) is 0.942. The second-order valence-corrected chi connectivity index (χ2v) is 7.49. The standard InChI is InChI=1S/C15H22O4S/c1-11-5-7-15(10-16,8-6-11)13-9-12(2)3-4-14(13)20(17,18)19/h3-4,9,11,16H,5-8,10H2,1-2H3,(H,17,18,19). The van der Waals surface area contributed by atoms with Crippen LogP contribution in [-0.4, -0.2) is 24.7 Å². The minimum Gasteiger partial charge on any atom is -0.395 e. The molecule has 0 aromatic heterocycles. The molecule has 0 atom stereocenters. The van der Waals surface area contributed by atoms with E-state index in [1.165, 1.54) is 6.07 Å². The van der Waals surface area contributed by atoms with Crippen molar-refractivity contribution in [2.24, 2.45) is 5.92 Å². The summed E-state index contributed by atoms with van der Waals surface area (Å²) in [4.78, 5) is -0.0632. The van der Waals surface area contributed by atoms with Gasteiger partial charge in [0.15, 0.2) is 0 Å². The summed E-state index contributed by atoms with van der Waals surface area (Å²) in [6, 6.07) is 4.90. The van der Waals surface area contributed by atoms with Gasteiger partial charge in [0.1, 0.15) is 0 Å². The van der Waals surface area contributed by atoms with Crippen molar-refractivity contribution >= 4 is 10.1 Å². The van der Waals surface area contributed by atoms with Gasteiger partial charge in [-0.25, -0.2) is 0 Å². The van der Waals surface area contributed by atoms with E-state index in [0.29, 0.717) is 11.5 Å². The van der Waals surface area contributed by atoms with Crippen molar-refractivity contribution in [1.82, 2.24) is 0 Å². The van der Waals surface area contributed by atoms with Crippen LogP contribution in [0.15, 0.2) is 23.1 Å². The van der Waals surface area contributed by atoms with E-state index in [9.17, 15) is 18.1 Å². The highest BCUT2D eigenvalue weighted by Crippen LogP contribution is 2.43. The minimum absolute atomic E-state index is 0.0632. The molecule has 0 aliphatic heterocycles. The number of rotatable bonds is 3. The third kappa shape index (κ3) is 2.90. The molecule has 0 spiro atoms. The van der Waals surface area contributed by atoms with E-state index in [-0.39, 0.29) is 11.5 Å². The van der Waals surface area contributed by atoms with Gasteiger partial charge in [-0.15, -0.1) is 0 Å². The number of aliphatic hydroxyl groups excluding tert-OH is 1. The molecule has 0 unspecified atom stereocenters. The molecule has 1 aromatic carbocycles. The van der Waals surface area contributed by atoms with Crippen molar-refractivity contribution in [2.75, 3.05) is 6.61 Å². The molecule has 2 rings (SSSR count). The fourth-order valence-electron chi connectivity index (χ4n) is 3.11. The Hall–Kier alpha value is -0.910. The Morgan fingerprint density at radius 2 is 1.90 bits per heavy atom. The summed E-state index contributed by atoms with van der Waals surface area (Å²) >= 11 is 0. The molecular weight excluding hydrogens is 276 g/mol. The predicted octanol–water partition coefficient (Wildman–Crippen LogP) is 2.68. The number of hydrogen-bond acceptors (Lipinski definition) is 3. The largest absolute Gasteiger partial charge is 0.395 e. The Morgan fingerprint density at radius 3 is 2.40 bits per heavy atom. The molecule has 4 nitrogen and oxygen atoms in total. The Balaban J connectivity index is 2.57. The molecule has 1 fully saturated rings. The van der Waals surface area contributed by atoms with Crippen molar-refractivity contribution in [3.05, 3.63) is 29.3 Å². The molecule has 0 amide bonds. The summed E-state index contributed by atoms with van der Waals surface area (Å²) in [7, 11) is -4.27. The average molecular weight is 298 g/mol. The molecule has 0 radical (unpaired) electrons. The molecule has 1 saturated carbocycles. The van der Waals surface area contributed by atoms with Gasteiger partial charge in [0, 0.05) is 5.41 Å². The third-order valence-electron chi connectivity index (χ3n) is 4.52. The van der Waals surface area contributed by atoms with Crippen molar-refractivity contribution in [1.29, 1.82) is 0 Å². The lowest BCUT2D eigenvalue weighted by molar-refractivity contribution is 0.132. The number of aryl methyl sites for hydroxylation is 1. The number of aliphatic hydroxyl groups is 1. The summed E-state index contributed by atoms with van der Waals surface area (Å²) in [5.74, 6) is 0.591. The van der Waals surface area contributed by atoms with Crippen LogP contribution in [0.5, 0.6) is 0 Å². The highest BCUT2D eigenvalue weighted by molar-refractivity contribution is 7.85. The van der Waals surface area contributed by atoms with Crippen LogP contribution in [0.1, 0.15) is 43.7 Å². The fourth-order valence-corrected chi connectivity index (χ4v) is 3.90. The van der Waals surface area contributed by atoms with Gasteiger partial charge >= 0.3 is 0 Å². The molecule has 112 valence electrons. The fraction of sp³-hybridized carbons (Fsp3) is 0.600. The quantitative estimate of drug-likeness (QED) is 0.841. The van der Waals surface area contributed by atoms with Gasteiger partial charge in [0.25, 0.3) is 10.1 Å². The van der Waals surface area contributed by atoms with E-state index in [1.807, 2.05) is 6.92 Å². The monoisotopic (exact) mass is 298 g/mol.